The molecule has 0 fully saturated rings. The molecule has 1 unspecified atom stereocenters. The highest BCUT2D eigenvalue weighted by molar-refractivity contribution is 5.87. The van der Waals surface area contributed by atoms with Crippen LogP contribution >= 0.6 is 0 Å². The fraction of sp³-hybridized carbons (Fsp3) is 0.385. The minimum absolute atomic E-state index is 0.385. The fourth-order valence-corrected chi connectivity index (χ4v) is 1.49. The monoisotopic (exact) mass is 359 g/mol. The van der Waals surface area contributed by atoms with E-state index in [1.54, 1.807) is 5.32 Å². The van der Waals surface area contributed by atoms with Gasteiger partial charge in [-0.1, -0.05) is 6.07 Å². The maximum absolute atomic E-state index is 12.7. The molecule has 1 N–H and O–H groups in total. The van der Waals surface area contributed by atoms with Crippen LogP contribution in [-0.2, 0) is 20.4 Å². The van der Waals surface area contributed by atoms with Crippen molar-refractivity contribution >= 4 is 17.7 Å². The van der Waals surface area contributed by atoms with Crippen molar-refractivity contribution in [1.82, 2.24) is 0 Å². The summed E-state index contributed by atoms with van der Waals surface area (Å²) in [5.74, 6) is -1.84. The van der Waals surface area contributed by atoms with Crippen LogP contribution in [0.1, 0.15) is 12.5 Å². The molecule has 0 aromatic heterocycles. The quantitative estimate of drug-likeness (QED) is 0.657. The third-order valence-corrected chi connectivity index (χ3v) is 2.46. The number of esters is 1. The zero-order valence-electron chi connectivity index (χ0n) is 12.0. The minimum Gasteiger partial charge on any atom is -0.463 e. The normalized spacial score (nSPS) is 13.1. The van der Waals surface area contributed by atoms with Crippen molar-refractivity contribution in [2.45, 2.75) is 25.4 Å². The van der Waals surface area contributed by atoms with E-state index in [0.29, 0.717) is 12.1 Å². The number of nitrogens with one attached hydrogen (secondary N) is 1. The van der Waals surface area contributed by atoms with Gasteiger partial charge in [0.2, 0.25) is 0 Å². The Morgan fingerprint density at radius 3 is 2.29 bits per heavy atom. The van der Waals surface area contributed by atoms with E-state index < -0.39 is 41.8 Å². The molecule has 0 aliphatic rings. The predicted molar refractivity (Wildman–Crippen MR) is 68.0 cm³/mol. The van der Waals surface area contributed by atoms with Crippen LogP contribution in [0, 0.1) is 0 Å². The van der Waals surface area contributed by atoms with Gasteiger partial charge >= 0.3 is 24.4 Å². The predicted octanol–water partition coefficient (Wildman–Crippen LogP) is 3.75. The Kier molecular flexibility index (Phi) is 6.04. The zero-order chi connectivity index (χ0) is 18.5. The molecule has 1 rings (SSSR count). The molecular weight excluding hydrogens is 348 g/mol. The second-order valence-corrected chi connectivity index (χ2v) is 4.28. The number of anilines is 1. The van der Waals surface area contributed by atoms with E-state index >= 15 is 0 Å². The van der Waals surface area contributed by atoms with Crippen LogP contribution in [0.2, 0.25) is 0 Å². The molecule has 0 aliphatic carbocycles. The van der Waals surface area contributed by atoms with Gasteiger partial charge in [0.05, 0.1) is 12.2 Å². The number of ether oxygens (including phenoxy) is 2. The Bertz CT molecular complexity index is 599. The molecule has 1 atom stereocenters. The molecule has 11 heteroatoms. The first-order chi connectivity index (χ1) is 10.9. The molecule has 0 bridgehead atoms. The van der Waals surface area contributed by atoms with Crippen LogP contribution in [0.25, 0.3) is 0 Å². The van der Waals surface area contributed by atoms with Gasteiger partial charge in [-0.2, -0.15) is 26.3 Å². The van der Waals surface area contributed by atoms with Gasteiger partial charge in [0.1, 0.15) is 0 Å². The average molecular weight is 359 g/mol. The molecule has 5 nitrogen and oxygen atoms in total. The molecule has 134 valence electrons. The third-order valence-electron chi connectivity index (χ3n) is 2.46. The Morgan fingerprint density at radius 2 is 1.79 bits per heavy atom. The lowest BCUT2D eigenvalue weighted by molar-refractivity contribution is -0.216. The molecular formula is C13H11F6NO4. The summed E-state index contributed by atoms with van der Waals surface area (Å²) < 4.78 is 83.6. The van der Waals surface area contributed by atoms with E-state index in [-0.39, 0.29) is 6.61 Å². The van der Waals surface area contributed by atoms with Crippen molar-refractivity contribution < 1.29 is 45.4 Å². The van der Waals surface area contributed by atoms with E-state index in [2.05, 4.69) is 9.47 Å². The summed E-state index contributed by atoms with van der Waals surface area (Å²) in [6.45, 7) is 0.859. The summed E-state index contributed by atoms with van der Waals surface area (Å²) in [7, 11) is 0. The highest BCUT2D eigenvalue weighted by Crippen LogP contribution is 2.31. The molecule has 0 heterocycles. The number of hydrogen-bond acceptors (Lipinski definition) is 4. The summed E-state index contributed by atoms with van der Waals surface area (Å²) in [6.07, 6.45) is -14.9. The van der Waals surface area contributed by atoms with Gasteiger partial charge in [-0.3, -0.25) is 5.32 Å². The number of hydrogen-bond donors (Lipinski definition) is 1. The number of carbonyl (C=O) groups excluding carboxylic acids is 2. The van der Waals surface area contributed by atoms with Gasteiger partial charge in [-0.25, -0.2) is 9.59 Å². The lowest BCUT2D eigenvalue weighted by Gasteiger charge is -2.19. The van der Waals surface area contributed by atoms with E-state index in [1.807, 2.05) is 0 Å². The van der Waals surface area contributed by atoms with Crippen molar-refractivity contribution in [3.63, 3.8) is 0 Å². The number of halogens is 6. The van der Waals surface area contributed by atoms with Crippen LogP contribution in [0.15, 0.2) is 24.3 Å². The lowest BCUT2D eigenvalue weighted by Crippen LogP contribution is -2.42. The first-order valence-electron chi connectivity index (χ1n) is 6.33. The maximum atomic E-state index is 12.7. The van der Waals surface area contributed by atoms with Crippen molar-refractivity contribution in [3.8, 4) is 0 Å². The largest absolute Gasteiger partial charge is 0.463 e. The summed E-state index contributed by atoms with van der Waals surface area (Å²) >= 11 is 0. The number of rotatable bonds is 4. The summed E-state index contributed by atoms with van der Waals surface area (Å²) in [5, 5.41) is 1.69. The molecule has 0 saturated carbocycles. The average Bonchev–Trinajstić information content (AvgIpc) is 2.43. The van der Waals surface area contributed by atoms with Crippen LogP contribution in [0.4, 0.5) is 36.8 Å². The number of alkyl halides is 6. The third kappa shape index (κ3) is 5.63. The topological polar surface area (TPSA) is 64.6 Å². The van der Waals surface area contributed by atoms with Crippen LogP contribution in [-0.4, -0.2) is 30.9 Å². The standard InChI is InChI=1S/C13H11F6NO4/c1-2-23-10(21)9(13(17,18)19)24-11(22)20-8-5-3-4-7(6-8)12(14,15)16/h3-6,9H,2H2,1H3,(H,20,22). The van der Waals surface area contributed by atoms with E-state index in [0.717, 1.165) is 12.1 Å². The summed E-state index contributed by atoms with van der Waals surface area (Å²) in [6, 6.07) is 3.14. The molecule has 0 saturated heterocycles. The molecule has 0 aliphatic heterocycles. The van der Waals surface area contributed by atoms with Crippen LogP contribution < -0.4 is 5.32 Å². The number of amides is 1. The van der Waals surface area contributed by atoms with E-state index in [4.69, 9.17) is 0 Å². The van der Waals surface area contributed by atoms with Gasteiger partial charge < -0.3 is 9.47 Å². The number of carbonyl (C=O) groups is 2. The maximum Gasteiger partial charge on any atom is 0.436 e. The van der Waals surface area contributed by atoms with Crippen molar-refractivity contribution in [3.05, 3.63) is 29.8 Å². The second kappa shape index (κ2) is 7.41. The molecule has 1 amide bonds. The SMILES string of the molecule is CCOC(=O)C(OC(=O)Nc1cccc(C(F)(F)F)c1)C(F)(F)F. The van der Waals surface area contributed by atoms with Gasteiger partial charge in [-0.05, 0) is 25.1 Å². The Balaban J connectivity index is 2.85. The summed E-state index contributed by atoms with van der Waals surface area (Å²) in [4.78, 5) is 22.6. The molecule has 1 aromatic carbocycles. The molecule has 24 heavy (non-hydrogen) atoms. The number of benzene rings is 1. The second-order valence-electron chi connectivity index (χ2n) is 4.28. The van der Waals surface area contributed by atoms with Crippen molar-refractivity contribution in [1.29, 1.82) is 0 Å². The van der Waals surface area contributed by atoms with Gasteiger partial charge in [0.15, 0.2) is 0 Å². The van der Waals surface area contributed by atoms with Gasteiger partial charge in [0.25, 0.3) is 6.10 Å². The summed E-state index contributed by atoms with van der Waals surface area (Å²) in [5.41, 5.74) is -1.59. The van der Waals surface area contributed by atoms with E-state index in [1.165, 1.54) is 6.92 Å². The highest BCUT2D eigenvalue weighted by atomic mass is 19.4. The molecule has 1 aromatic rings. The molecule has 0 radical (unpaired) electrons. The van der Waals surface area contributed by atoms with Gasteiger partial charge in [0, 0.05) is 5.69 Å². The fourth-order valence-electron chi connectivity index (χ4n) is 1.49. The Hall–Kier alpha value is -2.46. The van der Waals surface area contributed by atoms with E-state index in [9.17, 15) is 35.9 Å². The zero-order valence-corrected chi connectivity index (χ0v) is 12.0. The van der Waals surface area contributed by atoms with Crippen LogP contribution in [0.5, 0.6) is 0 Å². The first-order valence-corrected chi connectivity index (χ1v) is 6.33. The Morgan fingerprint density at radius 1 is 1.17 bits per heavy atom. The van der Waals surface area contributed by atoms with Crippen molar-refractivity contribution in [2.24, 2.45) is 0 Å². The minimum atomic E-state index is -5.24. The van der Waals surface area contributed by atoms with Gasteiger partial charge in [-0.15, -0.1) is 0 Å². The van der Waals surface area contributed by atoms with Crippen molar-refractivity contribution in [2.75, 3.05) is 11.9 Å². The Labute approximate surface area is 131 Å². The first kappa shape index (κ1) is 19.6. The van der Waals surface area contributed by atoms with Crippen LogP contribution in [0.3, 0.4) is 0 Å². The molecule has 0 spiro atoms. The lowest BCUT2D eigenvalue weighted by atomic mass is 10.2. The smallest absolute Gasteiger partial charge is 0.436 e. The highest BCUT2D eigenvalue weighted by Gasteiger charge is 2.49.